The SMILES string of the molecule is CNC(=O)C(CCC=O)N1C(=O)c2ccc(C3CCN(Cc4ccc(CC=O)cc4)CC3)cc2C1=O.CNc1cc(C2CCC(Oc3ccc(F)cn3)C2)[nH]n1. The highest BCUT2D eigenvalue weighted by atomic mass is 19.1. The summed E-state index contributed by atoms with van der Waals surface area (Å²) in [7, 11) is 3.29. The van der Waals surface area contributed by atoms with Crippen LogP contribution >= 0.6 is 0 Å². The fraction of sp³-hybridized carbons (Fsp3) is 0.405. The van der Waals surface area contributed by atoms with E-state index in [0.717, 1.165) is 85.6 Å². The molecule has 1 saturated heterocycles. The van der Waals surface area contributed by atoms with Crippen molar-refractivity contribution in [2.75, 3.05) is 32.5 Å². The number of anilines is 1. The Morgan fingerprint density at radius 1 is 0.929 bits per heavy atom. The number of ether oxygens (including phenoxy) is 1. The molecule has 3 N–H and O–H groups in total. The summed E-state index contributed by atoms with van der Waals surface area (Å²) in [4.78, 5) is 67.4. The molecule has 2 aromatic heterocycles. The van der Waals surface area contributed by atoms with Gasteiger partial charge in [0.05, 0.1) is 17.3 Å². The van der Waals surface area contributed by atoms with Crippen LogP contribution in [0.2, 0.25) is 0 Å². The smallest absolute Gasteiger partial charge is 0.262 e. The molecule has 1 aliphatic carbocycles. The van der Waals surface area contributed by atoms with Crippen LogP contribution in [-0.2, 0) is 27.3 Å². The molecule has 3 atom stereocenters. The predicted molar refractivity (Wildman–Crippen MR) is 207 cm³/mol. The summed E-state index contributed by atoms with van der Waals surface area (Å²) in [6, 6.07) is 17.5. The molecule has 4 aromatic rings. The fourth-order valence-electron chi connectivity index (χ4n) is 7.75. The Morgan fingerprint density at radius 3 is 2.34 bits per heavy atom. The number of aromatic nitrogens is 3. The summed E-state index contributed by atoms with van der Waals surface area (Å²) in [5.74, 6) is 0.262. The van der Waals surface area contributed by atoms with Crippen LogP contribution in [0.3, 0.4) is 0 Å². The van der Waals surface area contributed by atoms with Gasteiger partial charge < -0.3 is 25.0 Å². The molecule has 13 nitrogen and oxygen atoms in total. The van der Waals surface area contributed by atoms with E-state index in [2.05, 4.69) is 42.8 Å². The molecule has 0 radical (unpaired) electrons. The number of carbonyl (C=O) groups is 5. The number of carbonyl (C=O) groups excluding carboxylic acids is 5. The monoisotopic (exact) mass is 765 g/mol. The highest BCUT2D eigenvalue weighted by molar-refractivity contribution is 6.23. The number of likely N-dealkylation sites (N-methyl/N-ethyl adjacent to an activating group) is 1. The number of H-pyrrole nitrogens is 1. The number of rotatable bonds is 14. The van der Waals surface area contributed by atoms with Crippen molar-refractivity contribution in [3.05, 3.63) is 106 Å². The second-order valence-electron chi connectivity index (χ2n) is 14.4. The van der Waals surface area contributed by atoms with Gasteiger partial charge in [0.25, 0.3) is 11.8 Å². The largest absolute Gasteiger partial charge is 0.474 e. The number of benzene rings is 2. The molecule has 56 heavy (non-hydrogen) atoms. The van der Waals surface area contributed by atoms with Crippen LogP contribution in [0.1, 0.15) is 99.9 Å². The van der Waals surface area contributed by atoms with Gasteiger partial charge in [-0.15, -0.1) is 0 Å². The van der Waals surface area contributed by atoms with Gasteiger partial charge in [-0.05, 0) is 92.4 Å². The van der Waals surface area contributed by atoms with Crippen molar-refractivity contribution < 1.29 is 33.1 Å². The van der Waals surface area contributed by atoms with Gasteiger partial charge in [0.1, 0.15) is 36.4 Å². The molecule has 3 unspecified atom stereocenters. The van der Waals surface area contributed by atoms with Crippen molar-refractivity contribution in [3.63, 3.8) is 0 Å². The Morgan fingerprint density at radius 2 is 1.68 bits per heavy atom. The number of imide groups is 1. The lowest BCUT2D eigenvalue weighted by Crippen LogP contribution is -2.48. The summed E-state index contributed by atoms with van der Waals surface area (Å²) in [6.45, 7) is 2.68. The van der Waals surface area contributed by atoms with E-state index in [1.807, 2.05) is 37.4 Å². The van der Waals surface area contributed by atoms with Gasteiger partial charge in [-0.25, -0.2) is 9.37 Å². The first-order valence-corrected chi connectivity index (χ1v) is 19.1. The molecule has 2 aromatic carbocycles. The summed E-state index contributed by atoms with van der Waals surface area (Å²) in [5.41, 5.74) is 5.02. The maximum atomic E-state index is 13.2. The van der Waals surface area contributed by atoms with E-state index >= 15 is 0 Å². The number of hydrogen-bond acceptors (Lipinski definition) is 10. The molecule has 3 amide bonds. The third-order valence-corrected chi connectivity index (χ3v) is 10.8. The van der Waals surface area contributed by atoms with Crippen LogP contribution in [0.25, 0.3) is 0 Å². The minimum absolute atomic E-state index is 0.0816. The number of likely N-dealkylation sites (tertiary alicyclic amines) is 1. The number of piperidine rings is 1. The second kappa shape index (κ2) is 18.7. The Labute approximate surface area is 325 Å². The van der Waals surface area contributed by atoms with Crippen LogP contribution in [0.4, 0.5) is 10.2 Å². The van der Waals surface area contributed by atoms with Gasteiger partial charge in [0, 0.05) is 57.2 Å². The first-order valence-electron chi connectivity index (χ1n) is 19.1. The number of fused-ring (bicyclic) bond motifs is 1. The van der Waals surface area contributed by atoms with Gasteiger partial charge >= 0.3 is 0 Å². The maximum Gasteiger partial charge on any atom is 0.262 e. The van der Waals surface area contributed by atoms with Crippen LogP contribution in [0.15, 0.2) is 66.9 Å². The van der Waals surface area contributed by atoms with Gasteiger partial charge in [0.15, 0.2) is 0 Å². The zero-order chi connectivity index (χ0) is 39.6. The molecule has 1 saturated carbocycles. The standard InChI is InChI=1S/C28H31N3O5.C14H17FN4O/c1-29-26(34)25(3-2-15-32)31-27(35)23-9-8-22(17-24(23)28(31)36)21-10-13-30(14-11-21)18-20-6-4-19(5-7-20)12-16-33;1-16-13-7-12(18-19-13)9-2-4-11(6-9)20-14-5-3-10(15)8-17-14/h4-9,15-17,21,25H,2-3,10-14,18H2,1H3,(H,29,34);3,5,7-9,11H,2,4,6H2,1H3,(H2,16,18,19). The minimum atomic E-state index is -1.01. The van der Waals surface area contributed by atoms with Crippen LogP contribution in [0, 0.1) is 5.82 Å². The molecule has 2 fully saturated rings. The van der Waals surface area contributed by atoms with Gasteiger partial charge in [-0.3, -0.25) is 29.3 Å². The Balaban J connectivity index is 0.000000223. The Hall–Kier alpha value is -5.76. The van der Waals surface area contributed by atoms with Crippen molar-refractivity contribution in [2.45, 2.75) is 81.9 Å². The van der Waals surface area contributed by atoms with Crippen LogP contribution in [0.5, 0.6) is 5.88 Å². The van der Waals surface area contributed by atoms with E-state index in [0.29, 0.717) is 35.6 Å². The molecule has 2 aliphatic heterocycles. The van der Waals surface area contributed by atoms with Crippen molar-refractivity contribution in [3.8, 4) is 5.88 Å². The van der Waals surface area contributed by atoms with Crippen LogP contribution < -0.4 is 15.4 Å². The lowest BCUT2D eigenvalue weighted by molar-refractivity contribution is -0.124. The van der Waals surface area contributed by atoms with Gasteiger partial charge in [0.2, 0.25) is 11.8 Å². The predicted octanol–water partition coefficient (Wildman–Crippen LogP) is 5.20. The Bertz CT molecular complexity index is 2000. The summed E-state index contributed by atoms with van der Waals surface area (Å²) in [6.07, 6.45) is 8.33. The number of nitrogens with one attached hydrogen (secondary N) is 3. The molecule has 3 aliphatic rings. The quantitative estimate of drug-likeness (QED) is 0.115. The molecule has 0 spiro atoms. The Kier molecular flexibility index (Phi) is 13.3. The molecular formula is C42H48FN7O6. The van der Waals surface area contributed by atoms with Crippen molar-refractivity contribution >= 4 is 36.1 Å². The zero-order valence-electron chi connectivity index (χ0n) is 31.7. The molecule has 4 heterocycles. The summed E-state index contributed by atoms with van der Waals surface area (Å²) < 4.78 is 18.6. The number of aldehydes is 2. The molecule has 14 heteroatoms. The topological polar surface area (TPSA) is 167 Å². The van der Waals surface area contributed by atoms with E-state index in [-0.39, 0.29) is 30.7 Å². The molecule has 7 rings (SSSR count). The van der Waals surface area contributed by atoms with Crippen molar-refractivity contribution in [2.24, 2.45) is 0 Å². The first kappa shape index (κ1) is 39.9. The van der Waals surface area contributed by atoms with Crippen molar-refractivity contribution in [1.29, 1.82) is 0 Å². The maximum absolute atomic E-state index is 13.2. The number of aromatic amines is 1. The second-order valence-corrected chi connectivity index (χ2v) is 14.4. The molecule has 0 bridgehead atoms. The molecular weight excluding hydrogens is 718 g/mol. The van der Waals surface area contributed by atoms with Crippen LogP contribution in [-0.4, -0.2) is 94.6 Å². The third-order valence-electron chi connectivity index (χ3n) is 10.8. The van der Waals surface area contributed by atoms with E-state index in [1.54, 1.807) is 12.1 Å². The number of amides is 3. The number of halogens is 1. The lowest BCUT2D eigenvalue weighted by atomic mass is 9.87. The molecule has 294 valence electrons. The van der Waals surface area contributed by atoms with E-state index in [4.69, 9.17) is 4.74 Å². The van der Waals surface area contributed by atoms with E-state index < -0.39 is 23.8 Å². The lowest BCUT2D eigenvalue weighted by Gasteiger charge is -2.32. The van der Waals surface area contributed by atoms with E-state index in [1.165, 1.54) is 24.9 Å². The zero-order valence-corrected chi connectivity index (χ0v) is 31.7. The highest BCUT2D eigenvalue weighted by Crippen LogP contribution is 2.36. The van der Waals surface area contributed by atoms with E-state index in [9.17, 15) is 28.4 Å². The number of pyridine rings is 1. The minimum Gasteiger partial charge on any atom is -0.474 e. The summed E-state index contributed by atoms with van der Waals surface area (Å²) >= 11 is 0. The third kappa shape index (κ3) is 9.54. The average Bonchev–Trinajstić information content (AvgIpc) is 3.96. The first-order chi connectivity index (χ1) is 27.2. The normalized spacial score (nSPS) is 18.8. The fourth-order valence-corrected chi connectivity index (χ4v) is 7.75. The van der Waals surface area contributed by atoms with Crippen molar-refractivity contribution in [1.82, 2.24) is 30.3 Å². The number of nitrogens with zero attached hydrogens (tertiary/aromatic N) is 4. The van der Waals surface area contributed by atoms with Gasteiger partial charge in [-0.2, -0.15) is 5.10 Å². The summed E-state index contributed by atoms with van der Waals surface area (Å²) in [5, 5.41) is 12.7. The average molecular weight is 766 g/mol. The highest BCUT2D eigenvalue weighted by Gasteiger charge is 2.42. The number of hydrogen-bond donors (Lipinski definition) is 3. The van der Waals surface area contributed by atoms with Gasteiger partial charge in [-0.1, -0.05) is 30.3 Å².